The van der Waals surface area contributed by atoms with E-state index in [4.69, 9.17) is 15.9 Å². The summed E-state index contributed by atoms with van der Waals surface area (Å²) in [6.07, 6.45) is 0.643. The quantitative estimate of drug-likeness (QED) is 0.386. The van der Waals surface area contributed by atoms with Crippen LogP contribution in [0.2, 0.25) is 0 Å². The van der Waals surface area contributed by atoms with Crippen LogP contribution in [0.1, 0.15) is 18.4 Å². The highest BCUT2D eigenvalue weighted by Crippen LogP contribution is 2.24. The maximum atomic E-state index is 11.9. The standard InChI is InChI=1S/C21H23N3O4/c1-27-19(25)11-16-10-17(24-21(16)26)12-28-18-8-6-14(7-9-18)13-2-4-15(5-3-13)20(22)23/h2-9,16-17H,10-12H2,1H3,(H3,22,23)(H,24,26)/t16-,17-/m1/s1. The predicted molar refractivity (Wildman–Crippen MR) is 105 cm³/mol. The molecule has 1 aliphatic rings. The van der Waals surface area contributed by atoms with Gasteiger partial charge in [0.2, 0.25) is 5.91 Å². The molecule has 7 nitrogen and oxygen atoms in total. The summed E-state index contributed by atoms with van der Waals surface area (Å²) in [5.41, 5.74) is 8.20. The third kappa shape index (κ3) is 4.68. The Balaban J connectivity index is 1.54. The molecule has 1 aliphatic heterocycles. The van der Waals surface area contributed by atoms with Crippen molar-refractivity contribution < 1.29 is 19.1 Å². The zero-order chi connectivity index (χ0) is 20.1. The SMILES string of the molecule is COC(=O)C[C@H]1C[C@H](COc2ccc(-c3ccc(C(=N)N)cc3)cc2)NC1=O. The van der Waals surface area contributed by atoms with E-state index in [1.54, 1.807) is 0 Å². The van der Waals surface area contributed by atoms with E-state index in [-0.39, 0.29) is 36.1 Å². The van der Waals surface area contributed by atoms with Gasteiger partial charge < -0.3 is 20.5 Å². The van der Waals surface area contributed by atoms with Crippen molar-refractivity contribution >= 4 is 17.7 Å². The molecule has 1 heterocycles. The van der Waals surface area contributed by atoms with E-state index < -0.39 is 0 Å². The van der Waals surface area contributed by atoms with Gasteiger partial charge in [-0.05, 0) is 29.7 Å². The van der Waals surface area contributed by atoms with Gasteiger partial charge in [0.05, 0.1) is 25.5 Å². The summed E-state index contributed by atoms with van der Waals surface area (Å²) >= 11 is 0. The number of hydrogen-bond acceptors (Lipinski definition) is 5. The Morgan fingerprint density at radius 2 is 1.75 bits per heavy atom. The van der Waals surface area contributed by atoms with Crippen LogP contribution in [0.25, 0.3) is 11.1 Å². The number of nitrogens with two attached hydrogens (primary N) is 1. The Morgan fingerprint density at radius 1 is 1.14 bits per heavy atom. The minimum absolute atomic E-state index is 0.0446. The third-order valence-electron chi connectivity index (χ3n) is 4.76. The molecular weight excluding hydrogens is 358 g/mol. The summed E-state index contributed by atoms with van der Waals surface area (Å²) in [7, 11) is 1.32. The van der Waals surface area contributed by atoms with Crippen LogP contribution in [0.15, 0.2) is 48.5 Å². The van der Waals surface area contributed by atoms with E-state index in [2.05, 4.69) is 10.1 Å². The molecule has 1 fully saturated rings. The lowest BCUT2D eigenvalue weighted by atomic mass is 10.0. The van der Waals surface area contributed by atoms with Crippen LogP contribution in [0.3, 0.4) is 0 Å². The van der Waals surface area contributed by atoms with Crippen molar-refractivity contribution in [3.63, 3.8) is 0 Å². The molecule has 2 atom stereocenters. The predicted octanol–water partition coefficient (Wildman–Crippen LogP) is 2.08. The fourth-order valence-electron chi connectivity index (χ4n) is 3.18. The molecule has 0 aliphatic carbocycles. The second-order valence-corrected chi connectivity index (χ2v) is 6.74. The van der Waals surface area contributed by atoms with Crippen LogP contribution < -0.4 is 15.8 Å². The Hall–Kier alpha value is -3.35. The fourth-order valence-corrected chi connectivity index (χ4v) is 3.18. The first-order chi connectivity index (χ1) is 13.5. The fraction of sp³-hybridized carbons (Fsp3) is 0.286. The van der Waals surface area contributed by atoms with Crippen molar-refractivity contribution in [2.45, 2.75) is 18.9 Å². The number of esters is 1. The highest BCUT2D eigenvalue weighted by Gasteiger charge is 2.34. The zero-order valence-corrected chi connectivity index (χ0v) is 15.6. The monoisotopic (exact) mass is 381 g/mol. The molecule has 2 aromatic rings. The molecule has 1 saturated heterocycles. The molecule has 0 unspecified atom stereocenters. The Bertz CT molecular complexity index is 862. The van der Waals surface area contributed by atoms with Crippen LogP contribution in [0.4, 0.5) is 0 Å². The maximum absolute atomic E-state index is 11.9. The first-order valence-electron chi connectivity index (χ1n) is 9.01. The van der Waals surface area contributed by atoms with Crippen LogP contribution in [-0.4, -0.2) is 37.5 Å². The average Bonchev–Trinajstić information content (AvgIpc) is 3.06. The van der Waals surface area contributed by atoms with Crippen LogP contribution in [0, 0.1) is 11.3 Å². The first kappa shape index (κ1) is 19.4. The molecule has 0 radical (unpaired) electrons. The van der Waals surface area contributed by atoms with Crippen molar-refractivity contribution in [1.29, 1.82) is 5.41 Å². The second-order valence-electron chi connectivity index (χ2n) is 6.74. The summed E-state index contributed by atoms with van der Waals surface area (Å²) in [4.78, 5) is 23.3. The molecule has 1 amide bonds. The number of benzene rings is 2. The van der Waals surface area contributed by atoms with Crippen LogP contribution >= 0.6 is 0 Å². The van der Waals surface area contributed by atoms with E-state index >= 15 is 0 Å². The maximum Gasteiger partial charge on any atom is 0.306 e. The normalized spacial score (nSPS) is 18.4. The van der Waals surface area contributed by atoms with Gasteiger partial charge in [0.25, 0.3) is 0 Å². The van der Waals surface area contributed by atoms with Gasteiger partial charge in [-0.25, -0.2) is 0 Å². The molecule has 0 bridgehead atoms. The highest BCUT2D eigenvalue weighted by atomic mass is 16.5. The molecule has 28 heavy (non-hydrogen) atoms. The number of ether oxygens (including phenoxy) is 2. The summed E-state index contributed by atoms with van der Waals surface area (Å²) in [6.45, 7) is 0.343. The first-order valence-corrected chi connectivity index (χ1v) is 9.01. The lowest BCUT2D eigenvalue weighted by Crippen LogP contribution is -2.31. The molecule has 0 spiro atoms. The Labute approximate surface area is 163 Å². The second kappa shape index (κ2) is 8.56. The third-order valence-corrected chi connectivity index (χ3v) is 4.76. The summed E-state index contributed by atoms with van der Waals surface area (Å²) < 4.78 is 10.4. The lowest BCUT2D eigenvalue weighted by molar-refractivity contribution is -0.143. The lowest BCUT2D eigenvalue weighted by Gasteiger charge is -2.12. The number of amidine groups is 1. The summed E-state index contributed by atoms with van der Waals surface area (Å²) in [6, 6.07) is 15.0. The smallest absolute Gasteiger partial charge is 0.306 e. The number of hydrogen-bond donors (Lipinski definition) is 3. The number of methoxy groups -OCH3 is 1. The molecule has 0 aromatic heterocycles. The van der Waals surface area contributed by atoms with E-state index in [0.29, 0.717) is 24.3 Å². The number of nitrogen functional groups attached to an aromatic ring is 1. The van der Waals surface area contributed by atoms with Crippen LogP contribution in [0.5, 0.6) is 5.75 Å². The van der Waals surface area contributed by atoms with E-state index in [1.807, 2.05) is 48.5 Å². The van der Waals surface area contributed by atoms with E-state index in [1.165, 1.54) is 7.11 Å². The van der Waals surface area contributed by atoms with Gasteiger partial charge in [-0.15, -0.1) is 0 Å². The van der Waals surface area contributed by atoms with Gasteiger partial charge in [-0.2, -0.15) is 0 Å². The molecule has 0 saturated carbocycles. The summed E-state index contributed by atoms with van der Waals surface area (Å²) in [5.74, 6) is -0.128. The van der Waals surface area contributed by atoms with Crippen molar-refractivity contribution in [2.24, 2.45) is 11.7 Å². The Morgan fingerprint density at radius 3 is 2.32 bits per heavy atom. The number of amides is 1. The van der Waals surface area contributed by atoms with Gasteiger partial charge in [0.15, 0.2) is 0 Å². The molecule has 146 valence electrons. The minimum Gasteiger partial charge on any atom is -0.491 e. The van der Waals surface area contributed by atoms with Gasteiger partial charge in [-0.3, -0.25) is 15.0 Å². The van der Waals surface area contributed by atoms with Crippen molar-refractivity contribution in [1.82, 2.24) is 5.32 Å². The van der Waals surface area contributed by atoms with E-state index in [0.717, 1.165) is 11.1 Å². The highest BCUT2D eigenvalue weighted by molar-refractivity contribution is 5.95. The van der Waals surface area contributed by atoms with Gasteiger partial charge in [0, 0.05) is 5.56 Å². The summed E-state index contributed by atoms with van der Waals surface area (Å²) in [5, 5.41) is 10.3. The van der Waals surface area contributed by atoms with Crippen molar-refractivity contribution in [2.75, 3.05) is 13.7 Å². The number of carbonyl (C=O) groups is 2. The largest absolute Gasteiger partial charge is 0.491 e. The zero-order valence-electron chi connectivity index (χ0n) is 15.6. The molecule has 2 aromatic carbocycles. The number of carbonyl (C=O) groups excluding carboxylic acids is 2. The number of nitrogens with one attached hydrogen (secondary N) is 2. The van der Waals surface area contributed by atoms with Gasteiger partial charge >= 0.3 is 5.97 Å². The topological polar surface area (TPSA) is 114 Å². The Kier molecular flexibility index (Phi) is 5.93. The van der Waals surface area contributed by atoms with E-state index in [9.17, 15) is 9.59 Å². The van der Waals surface area contributed by atoms with Crippen molar-refractivity contribution in [3.05, 3.63) is 54.1 Å². The van der Waals surface area contributed by atoms with Gasteiger partial charge in [0.1, 0.15) is 18.2 Å². The molecule has 3 rings (SSSR count). The molecule has 7 heteroatoms. The minimum atomic E-state index is -0.381. The van der Waals surface area contributed by atoms with Crippen molar-refractivity contribution in [3.8, 4) is 16.9 Å². The van der Waals surface area contributed by atoms with Gasteiger partial charge in [-0.1, -0.05) is 36.4 Å². The average molecular weight is 381 g/mol. The van der Waals surface area contributed by atoms with Crippen LogP contribution in [-0.2, 0) is 14.3 Å². The molecular formula is C21H23N3O4. The molecule has 4 N–H and O–H groups in total. The number of rotatable bonds is 7.